The first-order valence-corrected chi connectivity index (χ1v) is 8.27. The monoisotopic (exact) mass is 288 g/mol. The number of nitrogens with one attached hydrogen (secondary N) is 1. The van der Waals surface area contributed by atoms with Crippen molar-refractivity contribution in [3.8, 4) is 0 Å². The molecule has 2 rings (SSSR count). The Hall–Kier alpha value is -1.51. The Bertz CT molecular complexity index is 559. The van der Waals surface area contributed by atoms with Gasteiger partial charge in [-0.15, -0.1) is 0 Å². The molecule has 0 radical (unpaired) electrons. The maximum atomic E-state index is 5.74. The second-order valence-corrected chi connectivity index (χ2v) is 6.28. The van der Waals surface area contributed by atoms with Crippen LogP contribution in [0.5, 0.6) is 0 Å². The van der Waals surface area contributed by atoms with Crippen molar-refractivity contribution in [1.29, 1.82) is 0 Å². The van der Waals surface area contributed by atoms with Gasteiger partial charge in [-0.05, 0) is 31.5 Å². The van der Waals surface area contributed by atoms with E-state index in [1.54, 1.807) is 0 Å². The maximum Gasteiger partial charge on any atom is 0.198 e. The van der Waals surface area contributed by atoms with Crippen molar-refractivity contribution in [2.75, 3.05) is 5.32 Å². The Morgan fingerprint density at radius 3 is 2.67 bits per heavy atom. The summed E-state index contributed by atoms with van der Waals surface area (Å²) in [5.41, 5.74) is 2.95. The van der Waals surface area contributed by atoms with Crippen LogP contribution in [0.1, 0.15) is 71.6 Å². The highest BCUT2D eigenvalue weighted by Crippen LogP contribution is 2.24. The second kappa shape index (κ2) is 7.48. The van der Waals surface area contributed by atoms with Crippen LogP contribution in [0, 0.1) is 0 Å². The lowest BCUT2D eigenvalue weighted by Crippen LogP contribution is -2.14. The normalized spacial score (nSPS) is 13.0. The number of rotatable bonds is 8. The van der Waals surface area contributed by atoms with Crippen LogP contribution in [0.4, 0.5) is 5.69 Å². The Balaban J connectivity index is 1.95. The van der Waals surface area contributed by atoms with E-state index in [-0.39, 0.29) is 0 Å². The minimum atomic E-state index is 0.325. The first-order valence-electron chi connectivity index (χ1n) is 8.27. The third-order valence-corrected chi connectivity index (χ3v) is 3.80. The fourth-order valence-electron chi connectivity index (χ4n) is 2.52. The molecule has 3 nitrogen and oxygen atoms in total. The van der Waals surface area contributed by atoms with Crippen LogP contribution in [-0.2, 0) is 0 Å². The largest absolute Gasteiger partial charge is 0.440 e. The van der Waals surface area contributed by atoms with Gasteiger partial charge >= 0.3 is 0 Å². The number of benzene rings is 1. The molecule has 0 saturated carbocycles. The predicted octanol–water partition coefficient (Wildman–Crippen LogP) is 5.72. The van der Waals surface area contributed by atoms with E-state index in [2.05, 4.69) is 50.1 Å². The molecule has 116 valence electrons. The van der Waals surface area contributed by atoms with E-state index in [4.69, 9.17) is 4.42 Å². The highest BCUT2D eigenvalue weighted by atomic mass is 16.3. The number of unbranched alkanes of at least 4 members (excludes halogenated alkanes) is 3. The zero-order valence-corrected chi connectivity index (χ0v) is 13.8. The van der Waals surface area contributed by atoms with Crippen molar-refractivity contribution in [2.24, 2.45) is 0 Å². The van der Waals surface area contributed by atoms with Crippen LogP contribution in [-0.4, -0.2) is 11.0 Å². The van der Waals surface area contributed by atoms with E-state index in [0.717, 1.165) is 22.7 Å². The van der Waals surface area contributed by atoms with Gasteiger partial charge in [0.25, 0.3) is 0 Å². The molecule has 0 saturated heterocycles. The predicted molar refractivity (Wildman–Crippen MR) is 89.9 cm³/mol. The van der Waals surface area contributed by atoms with Crippen molar-refractivity contribution < 1.29 is 4.42 Å². The van der Waals surface area contributed by atoms with Gasteiger partial charge in [-0.3, -0.25) is 0 Å². The zero-order chi connectivity index (χ0) is 15.2. The number of hydrogen-bond acceptors (Lipinski definition) is 3. The zero-order valence-electron chi connectivity index (χ0n) is 13.8. The van der Waals surface area contributed by atoms with Crippen LogP contribution in [0.3, 0.4) is 0 Å². The minimum Gasteiger partial charge on any atom is -0.440 e. The first-order chi connectivity index (χ1) is 10.1. The van der Waals surface area contributed by atoms with E-state index >= 15 is 0 Å². The molecule has 1 aromatic carbocycles. The summed E-state index contributed by atoms with van der Waals surface area (Å²) in [7, 11) is 0. The lowest BCUT2D eigenvalue weighted by Gasteiger charge is -2.14. The molecule has 1 N–H and O–H groups in total. The average molecular weight is 288 g/mol. The minimum absolute atomic E-state index is 0.325. The second-order valence-electron chi connectivity index (χ2n) is 6.28. The van der Waals surface area contributed by atoms with Crippen molar-refractivity contribution in [2.45, 2.75) is 71.8 Å². The fourth-order valence-corrected chi connectivity index (χ4v) is 2.52. The lowest BCUT2D eigenvalue weighted by atomic mass is 10.1. The topological polar surface area (TPSA) is 38.1 Å². The smallest absolute Gasteiger partial charge is 0.198 e. The summed E-state index contributed by atoms with van der Waals surface area (Å²) in [6.45, 7) is 8.70. The fraction of sp³-hybridized carbons (Fsp3) is 0.611. The molecule has 21 heavy (non-hydrogen) atoms. The molecule has 0 fully saturated rings. The Morgan fingerprint density at radius 2 is 1.95 bits per heavy atom. The summed E-state index contributed by atoms with van der Waals surface area (Å²) in [5.74, 6) is 1.14. The van der Waals surface area contributed by atoms with E-state index < -0.39 is 0 Å². The molecule has 0 aliphatic heterocycles. The van der Waals surface area contributed by atoms with Crippen LogP contribution in [0.2, 0.25) is 0 Å². The average Bonchev–Trinajstić information content (AvgIpc) is 2.87. The molecule has 1 aromatic heterocycles. The van der Waals surface area contributed by atoms with Gasteiger partial charge < -0.3 is 9.73 Å². The van der Waals surface area contributed by atoms with Gasteiger partial charge in [0.1, 0.15) is 5.52 Å². The number of nitrogens with zero attached hydrogens (tertiary/aromatic N) is 1. The molecule has 2 aromatic rings. The molecule has 0 spiro atoms. The standard InChI is InChI=1S/C18H28N2O/c1-5-6-7-8-9-14(4)19-15-10-11-17-16(12-15)20-18(21-17)13(2)3/h10-14,19H,5-9H2,1-4H3. The van der Waals surface area contributed by atoms with Crippen molar-refractivity contribution in [1.82, 2.24) is 4.98 Å². The SMILES string of the molecule is CCCCCCC(C)Nc1ccc2oc(C(C)C)nc2c1. The number of anilines is 1. The van der Waals surface area contributed by atoms with Gasteiger partial charge in [0.15, 0.2) is 11.5 Å². The Kier molecular flexibility index (Phi) is 5.66. The summed E-state index contributed by atoms with van der Waals surface area (Å²) in [6.07, 6.45) is 6.49. The van der Waals surface area contributed by atoms with Crippen LogP contribution in [0.15, 0.2) is 22.6 Å². The van der Waals surface area contributed by atoms with Gasteiger partial charge in [-0.25, -0.2) is 4.98 Å². The van der Waals surface area contributed by atoms with E-state index in [9.17, 15) is 0 Å². The number of hydrogen-bond donors (Lipinski definition) is 1. The van der Waals surface area contributed by atoms with E-state index in [1.807, 2.05) is 6.07 Å². The van der Waals surface area contributed by atoms with Gasteiger partial charge in [-0.2, -0.15) is 0 Å². The number of fused-ring (bicyclic) bond motifs is 1. The molecule has 0 aliphatic rings. The van der Waals surface area contributed by atoms with Gasteiger partial charge in [0.2, 0.25) is 0 Å². The molecule has 0 amide bonds. The summed E-state index contributed by atoms with van der Waals surface area (Å²) < 4.78 is 5.74. The third-order valence-electron chi connectivity index (χ3n) is 3.80. The number of aromatic nitrogens is 1. The first kappa shape index (κ1) is 15.9. The van der Waals surface area contributed by atoms with Crippen LogP contribution >= 0.6 is 0 Å². The Morgan fingerprint density at radius 1 is 1.14 bits per heavy atom. The summed E-state index contributed by atoms with van der Waals surface area (Å²) in [5, 5.41) is 3.57. The van der Waals surface area contributed by atoms with Gasteiger partial charge in [0, 0.05) is 17.6 Å². The number of oxazole rings is 1. The lowest BCUT2D eigenvalue weighted by molar-refractivity contribution is 0.501. The van der Waals surface area contributed by atoms with Gasteiger partial charge in [0.05, 0.1) is 0 Å². The van der Waals surface area contributed by atoms with Crippen molar-refractivity contribution in [3.05, 3.63) is 24.1 Å². The highest BCUT2D eigenvalue weighted by Gasteiger charge is 2.10. The summed E-state index contributed by atoms with van der Waals surface area (Å²) in [4.78, 5) is 4.56. The highest BCUT2D eigenvalue weighted by molar-refractivity contribution is 5.77. The quantitative estimate of drug-likeness (QED) is 0.631. The molecule has 0 bridgehead atoms. The van der Waals surface area contributed by atoms with Gasteiger partial charge in [-0.1, -0.05) is 46.5 Å². The maximum absolute atomic E-state index is 5.74. The molecule has 1 unspecified atom stereocenters. The molecular formula is C18H28N2O. The molecule has 3 heteroatoms. The molecular weight excluding hydrogens is 260 g/mol. The Labute approximate surface area is 128 Å². The van der Waals surface area contributed by atoms with E-state index in [0.29, 0.717) is 12.0 Å². The van der Waals surface area contributed by atoms with Crippen molar-refractivity contribution >= 4 is 16.8 Å². The van der Waals surface area contributed by atoms with Crippen molar-refractivity contribution in [3.63, 3.8) is 0 Å². The molecule has 0 aliphatic carbocycles. The third kappa shape index (κ3) is 4.48. The van der Waals surface area contributed by atoms with Crippen LogP contribution in [0.25, 0.3) is 11.1 Å². The summed E-state index contributed by atoms with van der Waals surface area (Å²) in [6, 6.07) is 6.68. The summed E-state index contributed by atoms with van der Waals surface area (Å²) >= 11 is 0. The van der Waals surface area contributed by atoms with E-state index in [1.165, 1.54) is 32.1 Å². The van der Waals surface area contributed by atoms with Crippen LogP contribution < -0.4 is 5.32 Å². The molecule has 1 atom stereocenters. The molecule has 1 heterocycles.